The third-order valence-electron chi connectivity index (χ3n) is 4.40. The molecule has 118 valence electrons. The predicted molar refractivity (Wildman–Crippen MR) is 87.7 cm³/mol. The maximum absolute atomic E-state index is 9.96. The lowest BCUT2D eigenvalue weighted by Crippen LogP contribution is -2.41. The molecule has 2 aromatic heterocycles. The van der Waals surface area contributed by atoms with Crippen molar-refractivity contribution >= 4 is 11.0 Å². The number of nitrogens with zero attached hydrogens (tertiary/aromatic N) is 3. The minimum atomic E-state index is -0.554. The molecule has 0 bridgehead atoms. The number of rotatable bonds is 3. The van der Waals surface area contributed by atoms with Gasteiger partial charge in [-0.05, 0) is 44.4 Å². The molecule has 0 atom stereocenters. The van der Waals surface area contributed by atoms with Gasteiger partial charge in [0, 0.05) is 24.4 Å². The number of aryl methyl sites for hydroxylation is 1. The lowest BCUT2D eigenvalue weighted by atomic mass is 9.77. The molecule has 1 aliphatic carbocycles. The first-order chi connectivity index (χ1) is 11.0. The summed E-state index contributed by atoms with van der Waals surface area (Å²) in [5, 5.41) is 9.96. The summed E-state index contributed by atoms with van der Waals surface area (Å²) in [5.41, 5.74) is 2.50. The van der Waals surface area contributed by atoms with Crippen molar-refractivity contribution in [2.75, 3.05) is 0 Å². The fourth-order valence-electron chi connectivity index (χ4n) is 3.15. The van der Waals surface area contributed by atoms with Crippen LogP contribution in [0.25, 0.3) is 11.0 Å². The van der Waals surface area contributed by atoms with Crippen LogP contribution in [0.5, 0.6) is 11.6 Å². The Kier molecular flexibility index (Phi) is 3.13. The van der Waals surface area contributed by atoms with Crippen LogP contribution >= 0.6 is 0 Å². The van der Waals surface area contributed by atoms with E-state index in [0.717, 1.165) is 35.2 Å². The molecular weight excluding hydrogens is 290 g/mol. The molecule has 2 heterocycles. The van der Waals surface area contributed by atoms with Gasteiger partial charge in [0.15, 0.2) is 0 Å². The van der Waals surface area contributed by atoms with E-state index in [9.17, 15) is 5.11 Å². The quantitative estimate of drug-likeness (QED) is 0.803. The van der Waals surface area contributed by atoms with Crippen molar-refractivity contribution in [1.29, 1.82) is 0 Å². The molecule has 3 aromatic rings. The van der Waals surface area contributed by atoms with Crippen LogP contribution in [-0.4, -0.2) is 25.2 Å². The van der Waals surface area contributed by atoms with Crippen molar-refractivity contribution in [2.24, 2.45) is 0 Å². The molecule has 0 aliphatic heterocycles. The van der Waals surface area contributed by atoms with Crippen molar-refractivity contribution in [3.63, 3.8) is 0 Å². The number of aliphatic hydroxyl groups is 1. The molecule has 0 unspecified atom stereocenters. The van der Waals surface area contributed by atoms with Crippen LogP contribution < -0.4 is 4.74 Å². The van der Waals surface area contributed by atoms with Crippen molar-refractivity contribution < 1.29 is 9.84 Å². The van der Waals surface area contributed by atoms with Gasteiger partial charge >= 0.3 is 0 Å². The SMILES string of the molecule is Cc1ccc(Oc2ccc3ncn(C4CC(C)(O)C4)c3c2)nc1. The van der Waals surface area contributed by atoms with Crippen molar-refractivity contribution in [3.05, 3.63) is 48.4 Å². The van der Waals surface area contributed by atoms with Crippen LogP contribution in [0.3, 0.4) is 0 Å². The largest absolute Gasteiger partial charge is 0.439 e. The summed E-state index contributed by atoms with van der Waals surface area (Å²) >= 11 is 0. The minimum absolute atomic E-state index is 0.294. The number of fused-ring (bicyclic) bond motifs is 1. The Bertz CT molecular complexity index is 844. The van der Waals surface area contributed by atoms with E-state index in [2.05, 4.69) is 14.5 Å². The number of hydrogen-bond donors (Lipinski definition) is 1. The fourth-order valence-corrected chi connectivity index (χ4v) is 3.15. The molecule has 4 rings (SSSR count). The van der Waals surface area contributed by atoms with E-state index in [1.165, 1.54) is 0 Å². The smallest absolute Gasteiger partial charge is 0.219 e. The third-order valence-corrected chi connectivity index (χ3v) is 4.40. The van der Waals surface area contributed by atoms with Crippen molar-refractivity contribution in [3.8, 4) is 11.6 Å². The molecule has 23 heavy (non-hydrogen) atoms. The van der Waals surface area contributed by atoms with Crippen LogP contribution in [-0.2, 0) is 0 Å². The van der Waals surface area contributed by atoms with Gasteiger partial charge in [-0.2, -0.15) is 0 Å². The highest BCUT2D eigenvalue weighted by Gasteiger charge is 2.39. The highest BCUT2D eigenvalue weighted by Crippen LogP contribution is 2.42. The summed E-state index contributed by atoms with van der Waals surface area (Å²) in [7, 11) is 0. The standard InChI is InChI=1S/C18H19N3O2/c1-12-3-6-17(19-10-12)23-14-4-5-15-16(7-14)21(11-20-15)13-8-18(2,22)9-13/h3-7,10-11,13,22H,8-9H2,1-2H3. The molecule has 1 aliphatic rings. The molecule has 0 radical (unpaired) electrons. The molecule has 1 aromatic carbocycles. The van der Waals surface area contributed by atoms with Gasteiger partial charge in [-0.1, -0.05) is 6.07 Å². The van der Waals surface area contributed by atoms with Crippen molar-refractivity contribution in [1.82, 2.24) is 14.5 Å². The van der Waals surface area contributed by atoms with Gasteiger partial charge in [0.25, 0.3) is 0 Å². The van der Waals surface area contributed by atoms with E-state index >= 15 is 0 Å². The second kappa shape index (κ2) is 5.06. The number of imidazole rings is 1. The first-order valence-corrected chi connectivity index (χ1v) is 7.80. The average molecular weight is 309 g/mol. The lowest BCUT2D eigenvalue weighted by Gasteiger charge is -2.41. The van der Waals surface area contributed by atoms with Gasteiger partial charge in [0.05, 0.1) is 23.0 Å². The average Bonchev–Trinajstić information content (AvgIpc) is 2.90. The zero-order chi connectivity index (χ0) is 16.0. The Balaban J connectivity index is 1.63. The highest BCUT2D eigenvalue weighted by molar-refractivity contribution is 5.77. The minimum Gasteiger partial charge on any atom is -0.439 e. The van der Waals surface area contributed by atoms with Gasteiger partial charge in [-0.15, -0.1) is 0 Å². The van der Waals surface area contributed by atoms with E-state index in [0.29, 0.717) is 11.9 Å². The Morgan fingerprint density at radius 2 is 2.04 bits per heavy atom. The van der Waals surface area contributed by atoms with E-state index in [1.54, 1.807) is 6.20 Å². The monoisotopic (exact) mass is 309 g/mol. The van der Waals surface area contributed by atoms with Gasteiger partial charge in [-0.3, -0.25) is 0 Å². The van der Waals surface area contributed by atoms with Crippen LogP contribution in [0.2, 0.25) is 0 Å². The molecule has 0 saturated heterocycles. The third kappa shape index (κ3) is 2.68. The summed E-state index contributed by atoms with van der Waals surface area (Å²) in [4.78, 5) is 8.71. The number of pyridine rings is 1. The summed E-state index contributed by atoms with van der Waals surface area (Å²) in [6.07, 6.45) is 5.14. The van der Waals surface area contributed by atoms with Gasteiger partial charge < -0.3 is 14.4 Å². The van der Waals surface area contributed by atoms with Crippen LogP contribution in [0.4, 0.5) is 0 Å². The van der Waals surface area contributed by atoms with Gasteiger partial charge in [0.1, 0.15) is 5.75 Å². The van der Waals surface area contributed by atoms with Crippen LogP contribution in [0, 0.1) is 6.92 Å². The predicted octanol–water partition coefficient (Wildman–Crippen LogP) is 3.62. The van der Waals surface area contributed by atoms with Crippen LogP contribution in [0.1, 0.15) is 31.4 Å². The number of ether oxygens (including phenoxy) is 1. The highest BCUT2D eigenvalue weighted by atomic mass is 16.5. The molecule has 1 saturated carbocycles. The van der Waals surface area contributed by atoms with Gasteiger partial charge in [-0.25, -0.2) is 9.97 Å². The first kappa shape index (κ1) is 14.2. The molecular formula is C18H19N3O2. The molecule has 1 fully saturated rings. The summed E-state index contributed by atoms with van der Waals surface area (Å²) in [6.45, 7) is 3.87. The molecule has 5 nitrogen and oxygen atoms in total. The van der Waals surface area contributed by atoms with Gasteiger partial charge in [0.2, 0.25) is 5.88 Å². The number of hydrogen-bond acceptors (Lipinski definition) is 4. The second-order valence-corrected chi connectivity index (χ2v) is 6.64. The summed E-state index contributed by atoms with van der Waals surface area (Å²) < 4.78 is 7.96. The second-order valence-electron chi connectivity index (χ2n) is 6.64. The Hall–Kier alpha value is -2.40. The lowest BCUT2D eigenvalue weighted by molar-refractivity contribution is -0.0498. The van der Waals surface area contributed by atoms with E-state index in [-0.39, 0.29) is 0 Å². The zero-order valence-corrected chi connectivity index (χ0v) is 13.2. The van der Waals surface area contributed by atoms with E-state index < -0.39 is 5.60 Å². The number of benzene rings is 1. The van der Waals surface area contributed by atoms with E-state index in [1.807, 2.05) is 50.5 Å². The Morgan fingerprint density at radius 1 is 1.22 bits per heavy atom. The molecule has 5 heteroatoms. The topological polar surface area (TPSA) is 60.2 Å². The van der Waals surface area contributed by atoms with E-state index in [4.69, 9.17) is 4.74 Å². The zero-order valence-electron chi connectivity index (χ0n) is 13.2. The molecule has 0 spiro atoms. The van der Waals surface area contributed by atoms with Crippen molar-refractivity contribution in [2.45, 2.75) is 38.3 Å². The van der Waals surface area contributed by atoms with Crippen LogP contribution in [0.15, 0.2) is 42.9 Å². The normalized spacial score (nSPS) is 23.7. The fraction of sp³-hybridized carbons (Fsp3) is 0.333. The Morgan fingerprint density at radius 3 is 2.74 bits per heavy atom. The first-order valence-electron chi connectivity index (χ1n) is 7.80. The maximum atomic E-state index is 9.96. The summed E-state index contributed by atoms with van der Waals surface area (Å²) in [6, 6.07) is 9.96. The maximum Gasteiger partial charge on any atom is 0.219 e. The molecule has 0 amide bonds. The number of aromatic nitrogens is 3. The molecule has 1 N–H and O–H groups in total. The Labute approximate surface area is 134 Å². The summed E-state index contributed by atoms with van der Waals surface area (Å²) in [5.74, 6) is 1.31.